The van der Waals surface area contributed by atoms with Crippen molar-refractivity contribution in [3.05, 3.63) is 40.5 Å². The van der Waals surface area contributed by atoms with Gasteiger partial charge in [0, 0.05) is 37.5 Å². The summed E-state index contributed by atoms with van der Waals surface area (Å²) in [4.78, 5) is 6.29. The molecule has 2 aromatic rings. The van der Waals surface area contributed by atoms with E-state index in [2.05, 4.69) is 9.72 Å². The van der Waals surface area contributed by atoms with E-state index in [1.54, 1.807) is 0 Å². The van der Waals surface area contributed by atoms with Crippen molar-refractivity contribution in [1.82, 2.24) is 4.98 Å². The molecule has 0 radical (unpaired) electrons. The molecular weight excluding hydrogens is 406 g/mol. The smallest absolute Gasteiger partial charge is 0.455 e. The van der Waals surface area contributed by atoms with Crippen LogP contribution >= 0.6 is 23.2 Å². The molecule has 0 amide bonds. The van der Waals surface area contributed by atoms with E-state index in [0.717, 1.165) is 18.9 Å². The largest absolute Gasteiger partial charge is 0.573 e. The molecule has 1 aromatic heterocycles. The van der Waals surface area contributed by atoms with E-state index in [1.165, 1.54) is 24.4 Å². The molecule has 1 aliphatic rings. The normalized spacial score (nSPS) is 15.7. The van der Waals surface area contributed by atoms with Gasteiger partial charge in [-0.25, -0.2) is 4.98 Å². The molecule has 0 aliphatic carbocycles. The predicted octanol–water partition coefficient (Wildman–Crippen LogP) is 5.01. The van der Waals surface area contributed by atoms with Crippen LogP contribution in [0.1, 0.15) is 12.8 Å². The lowest BCUT2D eigenvalue weighted by atomic mass is 10.1. The SMILES string of the molecule is NC1CCN(c2nccc(Oc3ccc(Cl)c(OC(F)(F)F)c3)c2Cl)CC1. The van der Waals surface area contributed by atoms with Crippen LogP contribution in [-0.2, 0) is 0 Å². The van der Waals surface area contributed by atoms with E-state index in [9.17, 15) is 13.2 Å². The van der Waals surface area contributed by atoms with Gasteiger partial charge in [-0.15, -0.1) is 13.2 Å². The van der Waals surface area contributed by atoms with Crippen molar-refractivity contribution in [2.75, 3.05) is 18.0 Å². The van der Waals surface area contributed by atoms with Crippen LogP contribution in [0.3, 0.4) is 0 Å². The third kappa shape index (κ3) is 5.09. The molecule has 1 aromatic carbocycles. The van der Waals surface area contributed by atoms with Crippen molar-refractivity contribution in [2.45, 2.75) is 25.2 Å². The number of pyridine rings is 1. The molecule has 0 unspecified atom stereocenters. The molecular formula is C17H16Cl2F3N3O2. The maximum Gasteiger partial charge on any atom is 0.573 e. The molecule has 2 heterocycles. The molecule has 5 nitrogen and oxygen atoms in total. The lowest BCUT2D eigenvalue weighted by molar-refractivity contribution is -0.274. The van der Waals surface area contributed by atoms with E-state index >= 15 is 0 Å². The first-order chi connectivity index (χ1) is 12.7. The maximum absolute atomic E-state index is 12.5. The Hall–Kier alpha value is -1.90. The lowest BCUT2D eigenvalue weighted by Crippen LogP contribution is -2.40. The van der Waals surface area contributed by atoms with Crippen LogP contribution < -0.4 is 20.1 Å². The number of hydrogen-bond acceptors (Lipinski definition) is 5. The average molecular weight is 422 g/mol. The number of piperidine rings is 1. The van der Waals surface area contributed by atoms with Gasteiger partial charge in [0.15, 0.2) is 17.3 Å². The number of aromatic nitrogens is 1. The second-order valence-corrected chi connectivity index (χ2v) is 6.80. The summed E-state index contributed by atoms with van der Waals surface area (Å²) in [7, 11) is 0. The molecule has 3 rings (SSSR count). The van der Waals surface area contributed by atoms with Crippen molar-refractivity contribution in [2.24, 2.45) is 5.73 Å². The quantitative estimate of drug-likeness (QED) is 0.751. The summed E-state index contributed by atoms with van der Waals surface area (Å²) >= 11 is 12.1. The summed E-state index contributed by atoms with van der Waals surface area (Å²) in [6.07, 6.45) is -1.70. The molecule has 1 saturated heterocycles. The first-order valence-electron chi connectivity index (χ1n) is 8.11. The molecule has 0 atom stereocenters. The van der Waals surface area contributed by atoms with Gasteiger partial charge in [-0.1, -0.05) is 23.2 Å². The molecule has 1 fully saturated rings. The first kappa shape index (κ1) is 19.9. The summed E-state index contributed by atoms with van der Waals surface area (Å²) in [5, 5.41) is 0.0760. The Morgan fingerprint density at radius 3 is 2.48 bits per heavy atom. The van der Waals surface area contributed by atoms with Gasteiger partial charge in [-0.2, -0.15) is 0 Å². The van der Waals surface area contributed by atoms with Gasteiger partial charge in [0.05, 0.1) is 5.02 Å². The maximum atomic E-state index is 12.5. The number of rotatable bonds is 4. The number of benzene rings is 1. The van der Waals surface area contributed by atoms with Gasteiger partial charge in [-0.3, -0.25) is 0 Å². The average Bonchev–Trinajstić information content (AvgIpc) is 2.59. The van der Waals surface area contributed by atoms with E-state index in [4.69, 9.17) is 33.7 Å². The van der Waals surface area contributed by atoms with E-state index in [0.29, 0.717) is 18.9 Å². The third-order valence-electron chi connectivity index (χ3n) is 4.03. The summed E-state index contributed by atoms with van der Waals surface area (Å²) in [6.45, 7) is 1.42. The standard InChI is InChI=1S/C17H16Cl2F3N3O2/c18-12-2-1-11(9-14(12)27-17(20,21)22)26-13-3-6-24-16(15(13)19)25-7-4-10(23)5-8-25/h1-3,6,9-10H,4-5,7-8,23H2. The Kier molecular flexibility index (Phi) is 5.88. The molecule has 27 heavy (non-hydrogen) atoms. The zero-order chi connectivity index (χ0) is 19.6. The van der Waals surface area contributed by atoms with Crippen molar-refractivity contribution in [1.29, 1.82) is 0 Å². The van der Waals surface area contributed by atoms with Crippen LogP contribution in [0.15, 0.2) is 30.5 Å². The topological polar surface area (TPSA) is 60.6 Å². The van der Waals surface area contributed by atoms with Gasteiger partial charge in [0.25, 0.3) is 0 Å². The zero-order valence-electron chi connectivity index (χ0n) is 14.0. The highest BCUT2D eigenvalue weighted by Gasteiger charge is 2.32. The minimum Gasteiger partial charge on any atom is -0.455 e. The number of nitrogens with two attached hydrogens (primary N) is 1. The fraction of sp³-hybridized carbons (Fsp3) is 0.353. The minimum atomic E-state index is -4.86. The van der Waals surface area contributed by atoms with Crippen LogP contribution in [0.4, 0.5) is 19.0 Å². The van der Waals surface area contributed by atoms with Gasteiger partial charge in [0.2, 0.25) is 0 Å². The highest BCUT2D eigenvalue weighted by Crippen LogP contribution is 2.39. The first-order valence-corrected chi connectivity index (χ1v) is 8.87. The van der Waals surface area contributed by atoms with Gasteiger partial charge in [-0.05, 0) is 25.0 Å². The number of halogens is 5. The second kappa shape index (κ2) is 8.00. The molecule has 2 N–H and O–H groups in total. The molecule has 146 valence electrons. The van der Waals surface area contributed by atoms with E-state index in [-0.39, 0.29) is 27.6 Å². The van der Waals surface area contributed by atoms with Gasteiger partial charge >= 0.3 is 6.36 Å². The van der Waals surface area contributed by atoms with Crippen LogP contribution in [0.25, 0.3) is 0 Å². The van der Waals surface area contributed by atoms with Gasteiger partial charge in [0.1, 0.15) is 10.8 Å². The number of alkyl halides is 3. The van der Waals surface area contributed by atoms with Gasteiger partial charge < -0.3 is 20.1 Å². The minimum absolute atomic E-state index is 0.0957. The Labute approximate surface area is 163 Å². The Balaban J connectivity index is 1.82. The summed E-state index contributed by atoms with van der Waals surface area (Å²) < 4.78 is 46.9. The Bertz CT molecular complexity index is 812. The van der Waals surface area contributed by atoms with Crippen LogP contribution in [0.5, 0.6) is 17.2 Å². The zero-order valence-corrected chi connectivity index (χ0v) is 15.5. The molecule has 10 heteroatoms. The van der Waals surface area contributed by atoms with Crippen molar-refractivity contribution in [3.63, 3.8) is 0 Å². The number of hydrogen-bond donors (Lipinski definition) is 1. The number of nitrogens with zero attached hydrogens (tertiary/aromatic N) is 2. The van der Waals surface area contributed by atoms with E-state index in [1.807, 2.05) is 4.90 Å². The predicted molar refractivity (Wildman–Crippen MR) is 96.9 cm³/mol. The summed E-state index contributed by atoms with van der Waals surface area (Å²) in [6, 6.07) is 5.40. The monoisotopic (exact) mass is 421 g/mol. The third-order valence-corrected chi connectivity index (χ3v) is 4.70. The molecule has 0 spiro atoms. The van der Waals surface area contributed by atoms with Crippen LogP contribution in [0, 0.1) is 0 Å². The summed E-state index contributed by atoms with van der Waals surface area (Å²) in [5.41, 5.74) is 5.91. The summed E-state index contributed by atoms with van der Waals surface area (Å²) in [5.74, 6) is 0.342. The van der Waals surface area contributed by atoms with Crippen LogP contribution in [0.2, 0.25) is 10.0 Å². The fourth-order valence-electron chi connectivity index (χ4n) is 2.70. The Morgan fingerprint density at radius 1 is 1.11 bits per heavy atom. The molecule has 0 saturated carbocycles. The van der Waals surface area contributed by atoms with Crippen molar-refractivity contribution in [3.8, 4) is 17.2 Å². The Morgan fingerprint density at radius 2 is 1.81 bits per heavy atom. The number of ether oxygens (including phenoxy) is 2. The highest BCUT2D eigenvalue weighted by atomic mass is 35.5. The van der Waals surface area contributed by atoms with Crippen LogP contribution in [-0.4, -0.2) is 30.5 Å². The van der Waals surface area contributed by atoms with Crippen molar-refractivity contribution >= 4 is 29.0 Å². The molecule has 1 aliphatic heterocycles. The molecule has 0 bridgehead atoms. The second-order valence-electron chi connectivity index (χ2n) is 6.01. The van der Waals surface area contributed by atoms with Crippen molar-refractivity contribution < 1.29 is 22.6 Å². The fourth-order valence-corrected chi connectivity index (χ4v) is 3.13. The number of anilines is 1. The highest BCUT2D eigenvalue weighted by molar-refractivity contribution is 6.34. The van der Waals surface area contributed by atoms with E-state index < -0.39 is 12.1 Å². The lowest BCUT2D eigenvalue weighted by Gasteiger charge is -2.31.